The normalized spacial score (nSPS) is 10.5. The smallest absolute Gasteiger partial charge is 0.123 e. The van der Waals surface area contributed by atoms with Gasteiger partial charge in [-0.1, -0.05) is 33.6 Å². The summed E-state index contributed by atoms with van der Waals surface area (Å²) < 4.78 is 13.0. The van der Waals surface area contributed by atoms with E-state index in [1.165, 1.54) is 12.1 Å². The zero-order chi connectivity index (χ0) is 13.8. The first kappa shape index (κ1) is 14.4. The standard InChI is InChI=1S/C15H14BrClFN/c1-2-19(13-6-4-12(18)5-7-13)15-8-3-11(10-16)9-14(15)17/h3-9H,2,10H2,1H3. The van der Waals surface area contributed by atoms with Gasteiger partial charge in [-0.15, -0.1) is 0 Å². The highest BCUT2D eigenvalue weighted by Gasteiger charge is 2.11. The number of halogens is 3. The lowest BCUT2D eigenvalue weighted by atomic mass is 10.2. The van der Waals surface area contributed by atoms with E-state index in [9.17, 15) is 4.39 Å². The Bertz CT molecular complexity index is 557. The van der Waals surface area contributed by atoms with Crippen LogP contribution in [0.2, 0.25) is 5.02 Å². The molecule has 0 unspecified atom stereocenters. The third-order valence-electron chi connectivity index (χ3n) is 2.91. The summed E-state index contributed by atoms with van der Waals surface area (Å²) in [6.07, 6.45) is 0. The minimum atomic E-state index is -0.236. The molecule has 100 valence electrons. The van der Waals surface area contributed by atoms with Crippen LogP contribution < -0.4 is 4.90 Å². The molecule has 0 fully saturated rings. The number of alkyl halides is 1. The third kappa shape index (κ3) is 3.28. The van der Waals surface area contributed by atoms with E-state index < -0.39 is 0 Å². The molecule has 0 aliphatic carbocycles. The van der Waals surface area contributed by atoms with Crippen LogP contribution in [-0.4, -0.2) is 6.54 Å². The molecular formula is C15H14BrClFN. The van der Waals surface area contributed by atoms with Crippen LogP contribution in [-0.2, 0) is 5.33 Å². The number of nitrogens with zero attached hydrogens (tertiary/aromatic N) is 1. The van der Waals surface area contributed by atoms with Gasteiger partial charge in [0.25, 0.3) is 0 Å². The van der Waals surface area contributed by atoms with Crippen molar-refractivity contribution in [2.75, 3.05) is 11.4 Å². The van der Waals surface area contributed by atoms with Crippen molar-refractivity contribution >= 4 is 38.9 Å². The van der Waals surface area contributed by atoms with Gasteiger partial charge in [-0.05, 0) is 48.9 Å². The Hall–Kier alpha value is -1.06. The molecule has 0 saturated heterocycles. The Labute approximate surface area is 126 Å². The number of rotatable bonds is 4. The Kier molecular flexibility index (Phi) is 4.83. The second-order valence-corrected chi connectivity index (χ2v) is 5.11. The predicted octanol–water partition coefficient (Wildman–Crippen LogP) is 5.53. The van der Waals surface area contributed by atoms with E-state index in [2.05, 4.69) is 20.8 Å². The van der Waals surface area contributed by atoms with Crippen LogP contribution in [0.25, 0.3) is 0 Å². The largest absolute Gasteiger partial charge is 0.341 e. The topological polar surface area (TPSA) is 3.24 Å². The van der Waals surface area contributed by atoms with Gasteiger partial charge in [-0.2, -0.15) is 0 Å². The van der Waals surface area contributed by atoms with Gasteiger partial charge < -0.3 is 4.90 Å². The predicted molar refractivity (Wildman–Crippen MR) is 83.2 cm³/mol. The quantitative estimate of drug-likeness (QED) is 0.660. The minimum Gasteiger partial charge on any atom is -0.341 e. The maximum atomic E-state index is 13.0. The Balaban J connectivity index is 2.39. The molecule has 4 heteroatoms. The fourth-order valence-electron chi connectivity index (χ4n) is 1.97. The number of anilines is 2. The molecule has 0 aliphatic heterocycles. The molecule has 0 N–H and O–H groups in total. The Morgan fingerprint density at radius 1 is 1.16 bits per heavy atom. The third-order valence-corrected chi connectivity index (χ3v) is 3.86. The van der Waals surface area contributed by atoms with Crippen molar-refractivity contribution in [2.45, 2.75) is 12.3 Å². The van der Waals surface area contributed by atoms with Crippen LogP contribution in [0, 0.1) is 5.82 Å². The van der Waals surface area contributed by atoms with Crippen LogP contribution >= 0.6 is 27.5 Å². The highest BCUT2D eigenvalue weighted by atomic mass is 79.9. The average Bonchev–Trinajstić information content (AvgIpc) is 2.43. The fraction of sp³-hybridized carbons (Fsp3) is 0.200. The molecule has 0 bridgehead atoms. The van der Waals surface area contributed by atoms with Gasteiger partial charge >= 0.3 is 0 Å². The number of hydrogen-bond donors (Lipinski definition) is 0. The maximum absolute atomic E-state index is 13.0. The van der Waals surface area contributed by atoms with Crippen molar-refractivity contribution in [1.82, 2.24) is 0 Å². The van der Waals surface area contributed by atoms with E-state index in [0.717, 1.165) is 28.8 Å². The van der Waals surface area contributed by atoms with Crippen molar-refractivity contribution in [3.05, 3.63) is 58.9 Å². The molecule has 2 aromatic carbocycles. The number of hydrogen-bond acceptors (Lipinski definition) is 1. The SMILES string of the molecule is CCN(c1ccc(F)cc1)c1ccc(CBr)cc1Cl. The van der Waals surface area contributed by atoms with Gasteiger partial charge in [0.05, 0.1) is 10.7 Å². The zero-order valence-corrected chi connectivity index (χ0v) is 12.9. The van der Waals surface area contributed by atoms with Crippen LogP contribution in [0.5, 0.6) is 0 Å². The van der Waals surface area contributed by atoms with E-state index in [1.54, 1.807) is 12.1 Å². The molecular weight excluding hydrogens is 329 g/mol. The summed E-state index contributed by atoms with van der Waals surface area (Å²) in [5.74, 6) is -0.236. The van der Waals surface area contributed by atoms with E-state index in [1.807, 2.05) is 25.1 Å². The molecule has 0 saturated carbocycles. The van der Waals surface area contributed by atoms with Gasteiger partial charge in [-0.25, -0.2) is 4.39 Å². The molecule has 2 aromatic rings. The minimum absolute atomic E-state index is 0.236. The lowest BCUT2D eigenvalue weighted by Gasteiger charge is -2.24. The molecule has 0 atom stereocenters. The molecule has 0 spiro atoms. The summed E-state index contributed by atoms with van der Waals surface area (Å²) in [4.78, 5) is 2.06. The van der Waals surface area contributed by atoms with Crippen molar-refractivity contribution in [3.8, 4) is 0 Å². The highest BCUT2D eigenvalue weighted by Crippen LogP contribution is 2.32. The second-order valence-electron chi connectivity index (χ2n) is 4.14. The average molecular weight is 343 g/mol. The summed E-state index contributed by atoms with van der Waals surface area (Å²) in [6, 6.07) is 12.4. The van der Waals surface area contributed by atoms with Gasteiger partial charge in [0.15, 0.2) is 0 Å². The monoisotopic (exact) mass is 341 g/mol. The van der Waals surface area contributed by atoms with E-state index in [4.69, 9.17) is 11.6 Å². The molecule has 2 rings (SSSR count). The van der Waals surface area contributed by atoms with Crippen molar-refractivity contribution in [3.63, 3.8) is 0 Å². The lowest BCUT2D eigenvalue weighted by Crippen LogP contribution is -2.16. The fourth-order valence-corrected chi connectivity index (χ4v) is 2.62. The first-order valence-corrected chi connectivity index (χ1v) is 7.53. The van der Waals surface area contributed by atoms with Crippen molar-refractivity contribution in [1.29, 1.82) is 0 Å². The summed E-state index contributed by atoms with van der Waals surface area (Å²) in [7, 11) is 0. The van der Waals surface area contributed by atoms with Crippen molar-refractivity contribution in [2.24, 2.45) is 0 Å². The van der Waals surface area contributed by atoms with Gasteiger partial charge in [-0.3, -0.25) is 0 Å². The molecule has 0 aliphatic rings. The van der Waals surface area contributed by atoms with Crippen LogP contribution in [0.1, 0.15) is 12.5 Å². The summed E-state index contributed by atoms with van der Waals surface area (Å²) in [5.41, 5.74) is 2.99. The van der Waals surface area contributed by atoms with Gasteiger partial charge in [0.2, 0.25) is 0 Å². The second kappa shape index (κ2) is 6.40. The van der Waals surface area contributed by atoms with Crippen molar-refractivity contribution < 1.29 is 4.39 Å². The zero-order valence-electron chi connectivity index (χ0n) is 10.5. The van der Waals surface area contributed by atoms with Crippen LogP contribution in [0.4, 0.5) is 15.8 Å². The van der Waals surface area contributed by atoms with Gasteiger partial charge in [0.1, 0.15) is 5.82 Å². The highest BCUT2D eigenvalue weighted by molar-refractivity contribution is 9.08. The van der Waals surface area contributed by atoms with E-state index >= 15 is 0 Å². The first-order chi connectivity index (χ1) is 9.15. The maximum Gasteiger partial charge on any atom is 0.123 e. The Morgan fingerprint density at radius 2 is 1.84 bits per heavy atom. The van der Waals surface area contributed by atoms with E-state index in [-0.39, 0.29) is 5.82 Å². The lowest BCUT2D eigenvalue weighted by molar-refractivity contribution is 0.628. The van der Waals surface area contributed by atoms with E-state index in [0.29, 0.717) is 5.02 Å². The molecule has 0 aromatic heterocycles. The first-order valence-electron chi connectivity index (χ1n) is 6.03. The van der Waals surface area contributed by atoms with Crippen LogP contribution in [0.3, 0.4) is 0 Å². The van der Waals surface area contributed by atoms with Crippen LogP contribution in [0.15, 0.2) is 42.5 Å². The molecule has 19 heavy (non-hydrogen) atoms. The van der Waals surface area contributed by atoms with Gasteiger partial charge in [0, 0.05) is 17.6 Å². The molecule has 0 heterocycles. The number of benzene rings is 2. The molecule has 0 amide bonds. The summed E-state index contributed by atoms with van der Waals surface area (Å²) in [6.45, 7) is 2.80. The summed E-state index contributed by atoms with van der Waals surface area (Å²) in [5, 5.41) is 1.47. The summed E-state index contributed by atoms with van der Waals surface area (Å²) >= 11 is 9.74. The molecule has 0 radical (unpaired) electrons. The Morgan fingerprint density at radius 3 is 2.37 bits per heavy atom. The molecule has 1 nitrogen and oxygen atoms in total.